The van der Waals surface area contributed by atoms with E-state index in [1.807, 2.05) is 0 Å². The van der Waals surface area contributed by atoms with Crippen molar-refractivity contribution in [3.05, 3.63) is 0 Å². The molecule has 0 heterocycles. The largest absolute Gasteiger partial charge is 0.362 e. The van der Waals surface area contributed by atoms with Crippen LogP contribution in [0.3, 0.4) is 0 Å². The molecule has 1 rings (SSSR count). The summed E-state index contributed by atoms with van der Waals surface area (Å²) in [6.07, 6.45) is 4.52. The van der Waals surface area contributed by atoms with E-state index in [4.69, 9.17) is 10.5 Å². The third kappa shape index (κ3) is 5.30. The minimum absolute atomic E-state index is 0.565. The summed E-state index contributed by atoms with van der Waals surface area (Å²) in [5.74, 6) is 0. The van der Waals surface area contributed by atoms with E-state index in [0.717, 1.165) is 0 Å². The molecule has 1 aliphatic carbocycles. The molecule has 1 aliphatic rings. The molecular weight excluding hydrogens is 116 g/mol. The monoisotopic (exact) mass is 130 g/mol. The van der Waals surface area contributed by atoms with Gasteiger partial charge in [0.25, 0.3) is 0 Å². The van der Waals surface area contributed by atoms with Gasteiger partial charge in [-0.1, -0.05) is 6.42 Å². The SMILES string of the molecule is CNC=O.NC1CCC1. The highest BCUT2D eigenvalue weighted by molar-refractivity contribution is 5.44. The Morgan fingerprint density at radius 3 is 2.00 bits per heavy atom. The summed E-state index contributed by atoms with van der Waals surface area (Å²) in [6.45, 7) is 0. The van der Waals surface area contributed by atoms with Crippen LogP contribution in [-0.4, -0.2) is 19.5 Å². The van der Waals surface area contributed by atoms with Crippen molar-refractivity contribution in [1.29, 1.82) is 0 Å². The van der Waals surface area contributed by atoms with Gasteiger partial charge in [-0.3, -0.25) is 4.79 Å². The van der Waals surface area contributed by atoms with Crippen molar-refractivity contribution in [2.24, 2.45) is 5.73 Å². The molecule has 0 aliphatic heterocycles. The van der Waals surface area contributed by atoms with E-state index in [1.165, 1.54) is 19.3 Å². The van der Waals surface area contributed by atoms with Crippen LogP contribution in [-0.2, 0) is 4.79 Å². The Labute approximate surface area is 55.6 Å². The maximum atomic E-state index is 9.06. The van der Waals surface area contributed by atoms with Crippen molar-refractivity contribution in [3.8, 4) is 0 Å². The number of amides is 1. The number of carbonyl (C=O) groups excluding carboxylic acids is 1. The molecule has 1 saturated carbocycles. The van der Waals surface area contributed by atoms with Crippen molar-refractivity contribution in [3.63, 3.8) is 0 Å². The van der Waals surface area contributed by atoms with Gasteiger partial charge in [0.1, 0.15) is 0 Å². The predicted octanol–water partition coefficient (Wildman–Crippen LogP) is -0.140. The summed E-state index contributed by atoms with van der Waals surface area (Å²) in [4.78, 5) is 9.06. The molecule has 3 N–H and O–H groups in total. The lowest BCUT2D eigenvalue weighted by molar-refractivity contribution is -0.109. The number of nitrogens with one attached hydrogen (secondary N) is 1. The zero-order valence-corrected chi connectivity index (χ0v) is 5.76. The standard InChI is InChI=1S/C4H9N.C2H5NO/c5-4-2-1-3-4;1-3-2-4/h4H,1-3,5H2;2H,1H3,(H,3,4). The van der Waals surface area contributed by atoms with Gasteiger partial charge in [-0.2, -0.15) is 0 Å². The average Bonchev–Trinajstić information content (AvgIpc) is 1.84. The molecule has 1 amide bonds. The molecular formula is C6H14N2O. The van der Waals surface area contributed by atoms with Crippen molar-refractivity contribution in [1.82, 2.24) is 5.32 Å². The normalized spacial score (nSPS) is 16.7. The van der Waals surface area contributed by atoms with Gasteiger partial charge in [0.2, 0.25) is 6.41 Å². The molecule has 3 heteroatoms. The van der Waals surface area contributed by atoms with Crippen LogP contribution in [0.2, 0.25) is 0 Å². The highest BCUT2D eigenvalue weighted by Crippen LogP contribution is 2.14. The molecule has 9 heavy (non-hydrogen) atoms. The Hall–Kier alpha value is -0.570. The van der Waals surface area contributed by atoms with Crippen LogP contribution in [0.25, 0.3) is 0 Å². The van der Waals surface area contributed by atoms with Crippen LogP contribution < -0.4 is 11.1 Å². The molecule has 0 atom stereocenters. The van der Waals surface area contributed by atoms with Gasteiger partial charge in [0.15, 0.2) is 0 Å². The number of hydrogen-bond donors (Lipinski definition) is 2. The van der Waals surface area contributed by atoms with Gasteiger partial charge in [-0.15, -0.1) is 0 Å². The molecule has 0 aromatic heterocycles. The van der Waals surface area contributed by atoms with Crippen molar-refractivity contribution >= 4 is 6.41 Å². The molecule has 0 bridgehead atoms. The van der Waals surface area contributed by atoms with Gasteiger partial charge in [0, 0.05) is 13.1 Å². The quantitative estimate of drug-likeness (QED) is 0.485. The van der Waals surface area contributed by atoms with Gasteiger partial charge in [-0.05, 0) is 12.8 Å². The van der Waals surface area contributed by atoms with Crippen LogP contribution >= 0.6 is 0 Å². The smallest absolute Gasteiger partial charge is 0.206 e. The summed E-state index contributed by atoms with van der Waals surface area (Å²) in [7, 11) is 1.56. The first-order chi connectivity index (χ1) is 4.31. The minimum atomic E-state index is 0.565. The maximum absolute atomic E-state index is 9.06. The van der Waals surface area contributed by atoms with E-state index in [0.29, 0.717) is 12.5 Å². The topological polar surface area (TPSA) is 55.1 Å². The predicted molar refractivity (Wildman–Crippen MR) is 37.0 cm³/mol. The molecule has 0 saturated heterocycles. The Morgan fingerprint density at radius 2 is 2.00 bits per heavy atom. The molecule has 0 spiro atoms. The Bertz CT molecular complexity index is 71.5. The van der Waals surface area contributed by atoms with Crippen LogP contribution in [0.5, 0.6) is 0 Å². The first-order valence-corrected chi connectivity index (χ1v) is 3.17. The van der Waals surface area contributed by atoms with Crippen LogP contribution in [0.15, 0.2) is 0 Å². The van der Waals surface area contributed by atoms with E-state index in [1.54, 1.807) is 7.05 Å². The summed E-state index contributed by atoms with van der Waals surface area (Å²) in [6, 6.07) is 0.565. The number of rotatable bonds is 1. The second kappa shape index (κ2) is 5.56. The lowest BCUT2D eigenvalue weighted by Crippen LogP contribution is -2.27. The Kier molecular flexibility index (Phi) is 5.21. The highest BCUT2D eigenvalue weighted by Gasteiger charge is 2.09. The van der Waals surface area contributed by atoms with Gasteiger partial charge in [0.05, 0.1) is 0 Å². The Morgan fingerprint density at radius 1 is 1.67 bits per heavy atom. The minimum Gasteiger partial charge on any atom is -0.362 e. The number of hydrogen-bond acceptors (Lipinski definition) is 2. The summed E-state index contributed by atoms with van der Waals surface area (Å²) >= 11 is 0. The van der Waals surface area contributed by atoms with E-state index in [-0.39, 0.29) is 0 Å². The van der Waals surface area contributed by atoms with Gasteiger partial charge < -0.3 is 11.1 Å². The fourth-order valence-electron chi connectivity index (χ4n) is 0.440. The second-order valence-electron chi connectivity index (χ2n) is 2.10. The third-order valence-electron chi connectivity index (χ3n) is 1.27. The maximum Gasteiger partial charge on any atom is 0.206 e. The zero-order chi connectivity index (χ0) is 7.11. The van der Waals surface area contributed by atoms with Crippen molar-refractivity contribution in [2.45, 2.75) is 25.3 Å². The molecule has 0 radical (unpaired) electrons. The average molecular weight is 130 g/mol. The molecule has 1 fully saturated rings. The van der Waals surface area contributed by atoms with Crippen LogP contribution in [0, 0.1) is 0 Å². The molecule has 54 valence electrons. The molecule has 3 nitrogen and oxygen atoms in total. The van der Waals surface area contributed by atoms with Gasteiger partial charge in [-0.25, -0.2) is 0 Å². The van der Waals surface area contributed by atoms with Crippen LogP contribution in [0.4, 0.5) is 0 Å². The molecule has 0 aromatic carbocycles. The number of carbonyl (C=O) groups is 1. The van der Waals surface area contributed by atoms with Crippen molar-refractivity contribution < 1.29 is 4.79 Å². The first-order valence-electron chi connectivity index (χ1n) is 3.17. The molecule has 0 aromatic rings. The van der Waals surface area contributed by atoms with Crippen molar-refractivity contribution in [2.75, 3.05) is 7.05 Å². The second-order valence-corrected chi connectivity index (χ2v) is 2.10. The summed E-state index contributed by atoms with van der Waals surface area (Å²) in [5.41, 5.74) is 5.38. The fraction of sp³-hybridized carbons (Fsp3) is 0.833. The summed E-state index contributed by atoms with van der Waals surface area (Å²) in [5, 5.41) is 2.25. The highest BCUT2D eigenvalue weighted by atomic mass is 16.1. The first kappa shape index (κ1) is 8.43. The Balaban J connectivity index is 0.000000148. The third-order valence-corrected chi connectivity index (χ3v) is 1.27. The zero-order valence-electron chi connectivity index (χ0n) is 5.76. The van der Waals surface area contributed by atoms with Gasteiger partial charge >= 0.3 is 0 Å². The van der Waals surface area contributed by atoms with Crippen LogP contribution in [0.1, 0.15) is 19.3 Å². The lowest BCUT2D eigenvalue weighted by atomic mass is 9.95. The number of nitrogens with two attached hydrogens (primary N) is 1. The van der Waals surface area contributed by atoms with E-state index in [9.17, 15) is 0 Å². The lowest BCUT2D eigenvalue weighted by Gasteiger charge is -2.18. The fourth-order valence-corrected chi connectivity index (χ4v) is 0.440. The molecule has 0 unspecified atom stereocenters. The summed E-state index contributed by atoms with van der Waals surface area (Å²) < 4.78 is 0. The van der Waals surface area contributed by atoms with E-state index in [2.05, 4.69) is 5.32 Å². The van der Waals surface area contributed by atoms with E-state index >= 15 is 0 Å². The van der Waals surface area contributed by atoms with E-state index < -0.39 is 0 Å².